The summed E-state index contributed by atoms with van der Waals surface area (Å²) in [7, 11) is 0. The fourth-order valence-corrected chi connectivity index (χ4v) is 3.64. The zero-order valence-corrected chi connectivity index (χ0v) is 18.6. The molecule has 0 spiro atoms. The molecule has 0 radical (unpaired) electrons. The molecule has 9 nitrogen and oxygen atoms in total. The van der Waals surface area contributed by atoms with E-state index in [0.717, 1.165) is 19.3 Å². The molecule has 0 unspecified atom stereocenters. The second kappa shape index (κ2) is 11.0. The fourth-order valence-electron chi connectivity index (χ4n) is 3.64. The van der Waals surface area contributed by atoms with Gasteiger partial charge in [0.15, 0.2) is 0 Å². The molecular weight excluding hydrogens is 412 g/mol. The van der Waals surface area contributed by atoms with Crippen molar-refractivity contribution in [3.8, 4) is 5.75 Å². The Balaban J connectivity index is 1.85. The number of hydrogen-bond donors (Lipinski definition) is 4. The molecule has 9 heteroatoms. The van der Waals surface area contributed by atoms with Crippen molar-refractivity contribution in [1.82, 2.24) is 21.3 Å². The second-order valence-electron chi connectivity index (χ2n) is 8.43. The van der Waals surface area contributed by atoms with Gasteiger partial charge in [0.1, 0.15) is 24.4 Å². The number of amides is 4. The van der Waals surface area contributed by atoms with Crippen LogP contribution in [-0.2, 0) is 14.4 Å². The van der Waals surface area contributed by atoms with Crippen molar-refractivity contribution < 1.29 is 23.9 Å². The molecule has 174 valence electrons. The summed E-state index contributed by atoms with van der Waals surface area (Å²) in [6, 6.07) is 4.93. The predicted octanol–water partition coefficient (Wildman–Crippen LogP) is 0.883. The summed E-state index contributed by atoms with van der Waals surface area (Å²) in [4.78, 5) is 51.4. The first-order valence-electron chi connectivity index (χ1n) is 11.3. The van der Waals surface area contributed by atoms with Crippen LogP contribution in [-0.4, -0.2) is 54.9 Å². The number of fused-ring (bicyclic) bond motifs is 1. The minimum atomic E-state index is -1.07. The van der Waals surface area contributed by atoms with Gasteiger partial charge in [-0.05, 0) is 37.3 Å². The van der Waals surface area contributed by atoms with Gasteiger partial charge in [0, 0.05) is 6.04 Å². The highest BCUT2D eigenvalue weighted by Gasteiger charge is 2.31. The first-order chi connectivity index (χ1) is 15.4. The van der Waals surface area contributed by atoms with Crippen molar-refractivity contribution in [2.75, 3.05) is 13.2 Å². The lowest BCUT2D eigenvalue weighted by Gasteiger charge is -2.29. The fraction of sp³-hybridized carbons (Fsp3) is 0.565. The van der Waals surface area contributed by atoms with E-state index in [2.05, 4.69) is 21.3 Å². The van der Waals surface area contributed by atoms with Crippen LogP contribution in [0.15, 0.2) is 24.3 Å². The molecule has 4 amide bonds. The Morgan fingerprint density at radius 2 is 1.94 bits per heavy atom. The summed E-state index contributed by atoms with van der Waals surface area (Å²) < 4.78 is 5.72. The van der Waals surface area contributed by atoms with Gasteiger partial charge in [0.25, 0.3) is 5.91 Å². The third kappa shape index (κ3) is 5.99. The third-order valence-electron chi connectivity index (χ3n) is 6.07. The van der Waals surface area contributed by atoms with Crippen LogP contribution in [0, 0.1) is 5.92 Å². The Morgan fingerprint density at radius 3 is 2.62 bits per heavy atom. The monoisotopic (exact) mass is 444 g/mol. The molecule has 32 heavy (non-hydrogen) atoms. The van der Waals surface area contributed by atoms with Gasteiger partial charge in [-0.15, -0.1) is 0 Å². The smallest absolute Gasteiger partial charge is 0.255 e. The number of carbonyl (C=O) groups is 4. The lowest BCUT2D eigenvalue weighted by atomic mass is 9.92. The van der Waals surface area contributed by atoms with Crippen LogP contribution in [0.25, 0.3) is 0 Å². The second-order valence-corrected chi connectivity index (χ2v) is 8.43. The highest BCUT2D eigenvalue weighted by Crippen LogP contribution is 2.20. The minimum absolute atomic E-state index is 0.0600. The molecule has 3 atom stereocenters. The number of carbonyl (C=O) groups excluding carboxylic acids is 4. The average molecular weight is 445 g/mol. The minimum Gasteiger partial charge on any atom is -0.491 e. The number of rotatable bonds is 4. The zero-order valence-electron chi connectivity index (χ0n) is 18.6. The molecule has 1 aromatic carbocycles. The number of para-hydroxylation sites is 1. The van der Waals surface area contributed by atoms with Crippen molar-refractivity contribution >= 4 is 23.6 Å². The Bertz CT molecular complexity index is 855. The summed E-state index contributed by atoms with van der Waals surface area (Å²) in [5.74, 6) is -1.44. The van der Waals surface area contributed by atoms with Crippen LogP contribution in [0.3, 0.4) is 0 Å². The van der Waals surface area contributed by atoms with Crippen LogP contribution >= 0.6 is 0 Å². The third-order valence-corrected chi connectivity index (χ3v) is 6.07. The van der Waals surface area contributed by atoms with Crippen molar-refractivity contribution in [1.29, 1.82) is 0 Å². The molecule has 2 aliphatic rings. The molecule has 0 aromatic heterocycles. The summed E-state index contributed by atoms with van der Waals surface area (Å²) in [5.41, 5.74) is 0.259. The molecule has 3 rings (SSSR count). The van der Waals surface area contributed by atoms with Gasteiger partial charge in [0.2, 0.25) is 17.7 Å². The van der Waals surface area contributed by atoms with Gasteiger partial charge >= 0.3 is 0 Å². The van der Waals surface area contributed by atoms with E-state index in [4.69, 9.17) is 4.74 Å². The van der Waals surface area contributed by atoms with E-state index in [0.29, 0.717) is 12.2 Å². The van der Waals surface area contributed by atoms with Crippen molar-refractivity contribution in [2.45, 2.75) is 64.1 Å². The number of nitrogens with one attached hydrogen (secondary N) is 4. The Hall–Kier alpha value is -3.10. The van der Waals surface area contributed by atoms with Crippen molar-refractivity contribution in [3.05, 3.63) is 29.8 Å². The lowest BCUT2D eigenvalue weighted by Crippen LogP contribution is -2.55. The molecule has 1 fully saturated rings. The van der Waals surface area contributed by atoms with Crippen LogP contribution in [0.4, 0.5) is 0 Å². The maximum absolute atomic E-state index is 13.0. The summed E-state index contributed by atoms with van der Waals surface area (Å²) in [6.45, 7) is 4.19. The molecular formula is C23H32N4O5. The first kappa shape index (κ1) is 23.6. The van der Waals surface area contributed by atoms with Crippen molar-refractivity contribution in [2.24, 2.45) is 5.92 Å². The van der Waals surface area contributed by atoms with Crippen LogP contribution in [0.5, 0.6) is 5.75 Å². The zero-order chi connectivity index (χ0) is 23.1. The van der Waals surface area contributed by atoms with Gasteiger partial charge in [-0.3, -0.25) is 19.2 Å². The number of benzene rings is 1. The van der Waals surface area contributed by atoms with E-state index in [-0.39, 0.29) is 43.0 Å². The van der Waals surface area contributed by atoms with Crippen LogP contribution in [0.1, 0.15) is 56.3 Å². The number of ether oxygens (including phenoxy) is 1. The SMILES string of the molecule is CC[C@H](C)[C@@H]1NC(=O)C[C@@H](C(=O)NC2CCC2)NC(=O)c2ccccc2OCCNC1=O. The first-order valence-corrected chi connectivity index (χ1v) is 11.3. The molecule has 1 heterocycles. The topological polar surface area (TPSA) is 126 Å². The molecule has 1 saturated carbocycles. The van der Waals surface area contributed by atoms with E-state index in [1.54, 1.807) is 24.3 Å². The molecule has 0 bridgehead atoms. The van der Waals surface area contributed by atoms with Crippen molar-refractivity contribution in [3.63, 3.8) is 0 Å². The molecule has 4 N–H and O–H groups in total. The van der Waals surface area contributed by atoms with Gasteiger partial charge in [-0.2, -0.15) is 0 Å². The van der Waals surface area contributed by atoms with E-state index in [1.165, 1.54) is 0 Å². The van der Waals surface area contributed by atoms with Gasteiger partial charge in [-0.1, -0.05) is 32.4 Å². The summed E-state index contributed by atoms with van der Waals surface area (Å²) >= 11 is 0. The van der Waals surface area contributed by atoms with E-state index in [1.807, 2.05) is 13.8 Å². The molecule has 1 aliphatic heterocycles. The van der Waals surface area contributed by atoms with E-state index >= 15 is 0 Å². The van der Waals surface area contributed by atoms with Gasteiger partial charge < -0.3 is 26.0 Å². The summed E-state index contributed by atoms with van der Waals surface area (Å²) in [5, 5.41) is 11.1. The van der Waals surface area contributed by atoms with Gasteiger partial charge in [-0.25, -0.2) is 0 Å². The standard InChI is InChI=1S/C23H32N4O5/c1-3-14(2)20-23(31)24-11-12-32-18-10-5-4-9-16(18)21(29)26-17(13-19(28)27-20)22(30)25-15-7-6-8-15/h4-5,9-10,14-15,17,20H,3,6-8,11-13H2,1-2H3,(H,24,31)(H,25,30)(H,26,29)(H,27,28)/t14-,17-,20-/m0/s1. The quantitative estimate of drug-likeness (QED) is 0.549. The average Bonchev–Trinajstić information content (AvgIpc) is 2.75. The van der Waals surface area contributed by atoms with E-state index in [9.17, 15) is 19.2 Å². The predicted molar refractivity (Wildman–Crippen MR) is 118 cm³/mol. The maximum atomic E-state index is 13.0. The molecule has 0 saturated heterocycles. The lowest BCUT2D eigenvalue weighted by molar-refractivity contribution is -0.132. The van der Waals surface area contributed by atoms with Crippen LogP contribution < -0.4 is 26.0 Å². The van der Waals surface area contributed by atoms with Crippen LogP contribution in [0.2, 0.25) is 0 Å². The maximum Gasteiger partial charge on any atom is 0.255 e. The Kier molecular flexibility index (Phi) is 8.08. The highest BCUT2D eigenvalue weighted by atomic mass is 16.5. The number of hydrogen-bond acceptors (Lipinski definition) is 5. The highest BCUT2D eigenvalue weighted by molar-refractivity contribution is 6.01. The largest absolute Gasteiger partial charge is 0.491 e. The van der Waals surface area contributed by atoms with Gasteiger partial charge in [0.05, 0.1) is 18.5 Å². The van der Waals surface area contributed by atoms with E-state index < -0.39 is 29.8 Å². The molecule has 1 aliphatic carbocycles. The Morgan fingerprint density at radius 1 is 1.19 bits per heavy atom. The molecule has 1 aromatic rings. The Labute approximate surface area is 188 Å². The normalized spacial score (nSPS) is 23.8. The summed E-state index contributed by atoms with van der Waals surface area (Å²) in [6.07, 6.45) is 3.22.